The molecule has 0 aliphatic rings. The van der Waals surface area contributed by atoms with Crippen LogP contribution in [-0.4, -0.2) is 49.9 Å². The molecule has 1 amide bonds. The molecule has 3 rings (SSSR count). The van der Waals surface area contributed by atoms with E-state index in [1.54, 1.807) is 31.4 Å². The van der Waals surface area contributed by atoms with E-state index in [4.69, 9.17) is 0 Å². The molecule has 29 heavy (non-hydrogen) atoms. The summed E-state index contributed by atoms with van der Waals surface area (Å²) in [6.45, 7) is 6.21. The summed E-state index contributed by atoms with van der Waals surface area (Å²) in [6, 6.07) is 10.3. The van der Waals surface area contributed by atoms with Gasteiger partial charge < -0.3 is 4.90 Å². The third kappa shape index (κ3) is 4.34. The van der Waals surface area contributed by atoms with Crippen molar-refractivity contribution in [3.8, 4) is 17.1 Å². The number of hydrogen-bond acceptors (Lipinski definition) is 5. The Balaban J connectivity index is 2.21. The number of aryl methyl sites for hydroxylation is 2. The molecule has 6 nitrogen and oxygen atoms in total. The van der Waals surface area contributed by atoms with Crippen LogP contribution in [0.4, 0.5) is 0 Å². The van der Waals surface area contributed by atoms with Gasteiger partial charge in [-0.25, -0.2) is 0 Å². The van der Waals surface area contributed by atoms with Crippen molar-refractivity contribution in [3.05, 3.63) is 53.9 Å². The summed E-state index contributed by atoms with van der Waals surface area (Å²) in [5.74, 6) is 0.785. The molecule has 0 bridgehead atoms. The second-order valence-electron chi connectivity index (χ2n) is 7.01. The molecule has 2 heterocycles. The Bertz CT molecular complexity index is 962. The average molecular weight is 410 g/mol. The normalized spacial score (nSPS) is 12.0. The van der Waals surface area contributed by atoms with Gasteiger partial charge in [-0.15, -0.1) is 10.2 Å². The van der Waals surface area contributed by atoms with E-state index in [1.165, 1.54) is 22.9 Å². The van der Waals surface area contributed by atoms with E-state index in [0.29, 0.717) is 5.16 Å². The summed E-state index contributed by atoms with van der Waals surface area (Å²) in [7, 11) is 3.54. The maximum atomic E-state index is 12.5. The second kappa shape index (κ2) is 9.22. The Morgan fingerprint density at radius 2 is 1.79 bits per heavy atom. The van der Waals surface area contributed by atoms with Crippen LogP contribution in [0.15, 0.2) is 47.9 Å². The van der Waals surface area contributed by atoms with Crippen LogP contribution in [0.25, 0.3) is 17.1 Å². The largest absolute Gasteiger partial charge is 0.348 e. The molecule has 0 saturated heterocycles. The minimum atomic E-state index is -0.270. The van der Waals surface area contributed by atoms with Gasteiger partial charge in [0.05, 0.1) is 10.9 Å². The van der Waals surface area contributed by atoms with Gasteiger partial charge in [0.1, 0.15) is 0 Å². The molecule has 2 aromatic heterocycles. The highest BCUT2D eigenvalue weighted by atomic mass is 32.2. The number of thioether (sulfide) groups is 1. The van der Waals surface area contributed by atoms with Crippen molar-refractivity contribution in [2.75, 3.05) is 14.1 Å². The molecule has 0 spiro atoms. The van der Waals surface area contributed by atoms with Gasteiger partial charge in [-0.05, 0) is 43.0 Å². The highest BCUT2D eigenvalue weighted by molar-refractivity contribution is 8.00. The molecular formula is C22H27N5OS. The number of para-hydroxylation sites is 1. The van der Waals surface area contributed by atoms with Crippen LogP contribution >= 0.6 is 11.8 Å². The Morgan fingerprint density at radius 1 is 1.10 bits per heavy atom. The zero-order chi connectivity index (χ0) is 21.0. The lowest BCUT2D eigenvalue weighted by Crippen LogP contribution is -2.29. The lowest BCUT2D eigenvalue weighted by molar-refractivity contribution is -0.127. The number of benzene rings is 1. The minimum absolute atomic E-state index is 0.0481. The van der Waals surface area contributed by atoms with E-state index in [-0.39, 0.29) is 11.2 Å². The van der Waals surface area contributed by atoms with Crippen molar-refractivity contribution in [2.24, 2.45) is 0 Å². The first-order chi connectivity index (χ1) is 14.0. The molecular weight excluding hydrogens is 382 g/mol. The summed E-state index contributed by atoms with van der Waals surface area (Å²) in [6.07, 6.45) is 5.33. The first-order valence-electron chi connectivity index (χ1n) is 9.82. The quantitative estimate of drug-likeness (QED) is 0.552. The molecule has 1 aromatic carbocycles. The van der Waals surface area contributed by atoms with E-state index in [9.17, 15) is 4.79 Å². The number of aromatic nitrogens is 4. The summed E-state index contributed by atoms with van der Waals surface area (Å²) < 4.78 is 2.10. The molecule has 0 fully saturated rings. The van der Waals surface area contributed by atoms with Crippen LogP contribution in [0.1, 0.15) is 31.9 Å². The Kier molecular flexibility index (Phi) is 6.69. The topological polar surface area (TPSA) is 63.9 Å². The van der Waals surface area contributed by atoms with E-state index >= 15 is 0 Å². The van der Waals surface area contributed by atoms with Gasteiger partial charge in [0.2, 0.25) is 5.91 Å². The van der Waals surface area contributed by atoms with E-state index in [2.05, 4.69) is 51.8 Å². The first-order valence-corrected chi connectivity index (χ1v) is 10.7. The Labute approximate surface area is 176 Å². The van der Waals surface area contributed by atoms with E-state index in [1.807, 2.05) is 19.1 Å². The fourth-order valence-electron chi connectivity index (χ4n) is 3.30. The molecule has 3 aromatic rings. The van der Waals surface area contributed by atoms with Crippen LogP contribution in [0, 0.1) is 0 Å². The summed E-state index contributed by atoms with van der Waals surface area (Å²) >= 11 is 1.43. The van der Waals surface area contributed by atoms with Crippen molar-refractivity contribution < 1.29 is 4.79 Å². The highest BCUT2D eigenvalue weighted by Crippen LogP contribution is 2.33. The maximum absolute atomic E-state index is 12.5. The second-order valence-corrected chi connectivity index (χ2v) is 8.32. The van der Waals surface area contributed by atoms with Gasteiger partial charge in [-0.2, -0.15) is 0 Å². The number of hydrogen-bond donors (Lipinski definition) is 0. The molecule has 0 radical (unpaired) electrons. The van der Waals surface area contributed by atoms with Crippen molar-refractivity contribution in [2.45, 2.75) is 44.0 Å². The molecule has 0 saturated carbocycles. The van der Waals surface area contributed by atoms with Crippen molar-refractivity contribution >= 4 is 17.7 Å². The minimum Gasteiger partial charge on any atom is -0.348 e. The van der Waals surface area contributed by atoms with Crippen LogP contribution in [0.5, 0.6) is 0 Å². The number of carbonyl (C=O) groups is 1. The molecule has 0 aliphatic heterocycles. The SMILES string of the molecule is CCc1cccc(CC)c1-n1c(SC(C)C(=O)N(C)C)nnc1-c1cccnc1. The van der Waals surface area contributed by atoms with Gasteiger partial charge in [-0.1, -0.05) is 43.8 Å². The molecule has 0 N–H and O–H groups in total. The zero-order valence-electron chi connectivity index (χ0n) is 17.6. The summed E-state index contributed by atoms with van der Waals surface area (Å²) in [5.41, 5.74) is 4.45. The van der Waals surface area contributed by atoms with Crippen molar-refractivity contribution in [1.82, 2.24) is 24.6 Å². The van der Waals surface area contributed by atoms with E-state index in [0.717, 1.165) is 29.9 Å². The molecule has 152 valence electrons. The first kappa shape index (κ1) is 21.0. The number of carbonyl (C=O) groups excluding carboxylic acids is 1. The Hall–Kier alpha value is -2.67. The average Bonchev–Trinajstić information content (AvgIpc) is 3.15. The highest BCUT2D eigenvalue weighted by Gasteiger charge is 2.24. The van der Waals surface area contributed by atoms with Gasteiger partial charge in [-0.3, -0.25) is 14.3 Å². The standard InChI is InChI=1S/C22H27N5OS/c1-6-16-10-8-11-17(7-2)19(16)27-20(18-12-9-13-23-14-18)24-25-22(27)29-15(3)21(28)26(4)5/h8-15H,6-7H2,1-5H3. The third-order valence-electron chi connectivity index (χ3n) is 4.81. The lowest BCUT2D eigenvalue weighted by Gasteiger charge is -2.20. The predicted octanol–water partition coefficient (Wildman–Crippen LogP) is 4.02. The monoisotopic (exact) mass is 409 g/mol. The maximum Gasteiger partial charge on any atom is 0.235 e. The van der Waals surface area contributed by atoms with Crippen LogP contribution in [0.2, 0.25) is 0 Å². The van der Waals surface area contributed by atoms with Gasteiger partial charge >= 0.3 is 0 Å². The van der Waals surface area contributed by atoms with Crippen molar-refractivity contribution in [3.63, 3.8) is 0 Å². The zero-order valence-corrected chi connectivity index (χ0v) is 18.4. The molecule has 1 atom stereocenters. The number of rotatable bonds is 7. The predicted molar refractivity (Wildman–Crippen MR) is 117 cm³/mol. The lowest BCUT2D eigenvalue weighted by atomic mass is 10.0. The van der Waals surface area contributed by atoms with Crippen LogP contribution in [-0.2, 0) is 17.6 Å². The number of pyridine rings is 1. The molecule has 1 unspecified atom stereocenters. The summed E-state index contributed by atoms with van der Waals surface area (Å²) in [4.78, 5) is 18.3. The van der Waals surface area contributed by atoms with Gasteiger partial charge in [0.15, 0.2) is 11.0 Å². The Morgan fingerprint density at radius 3 is 2.34 bits per heavy atom. The molecule has 7 heteroatoms. The number of amides is 1. The third-order valence-corrected chi connectivity index (χ3v) is 5.84. The van der Waals surface area contributed by atoms with E-state index < -0.39 is 0 Å². The van der Waals surface area contributed by atoms with Gasteiger partial charge in [0.25, 0.3) is 0 Å². The smallest absolute Gasteiger partial charge is 0.235 e. The molecule has 0 aliphatic carbocycles. The fraction of sp³-hybridized carbons (Fsp3) is 0.364. The summed E-state index contributed by atoms with van der Waals surface area (Å²) in [5, 5.41) is 9.42. The fourth-order valence-corrected chi connectivity index (χ4v) is 4.30. The van der Waals surface area contributed by atoms with Gasteiger partial charge in [0, 0.05) is 32.1 Å². The van der Waals surface area contributed by atoms with Crippen molar-refractivity contribution in [1.29, 1.82) is 0 Å². The number of nitrogens with zero attached hydrogens (tertiary/aromatic N) is 5. The van der Waals surface area contributed by atoms with Crippen LogP contribution in [0.3, 0.4) is 0 Å². The van der Waals surface area contributed by atoms with Crippen LogP contribution < -0.4 is 0 Å².